The Kier molecular flexibility index (Phi) is 7.78. The van der Waals surface area contributed by atoms with Gasteiger partial charge < -0.3 is 20.3 Å². The van der Waals surface area contributed by atoms with Crippen molar-refractivity contribution in [3.05, 3.63) is 29.5 Å². The van der Waals surface area contributed by atoms with E-state index in [2.05, 4.69) is 20.6 Å². The number of likely N-dealkylation sites (tertiary alicyclic amines) is 1. The van der Waals surface area contributed by atoms with E-state index < -0.39 is 27.6 Å². The maximum Gasteiger partial charge on any atom is 0.421 e. The maximum absolute atomic E-state index is 13.6. The highest BCUT2D eigenvalue weighted by molar-refractivity contribution is 7.89. The standard InChI is InChI=1S/C23H29F3N6O4S/c1-31(2)37(34,35)16-12-15-7-11-36-20(15)18(13-16)29-22-28-14-17(23(24,25)26)21(30-22)27-8-5-10-32-9-4-3-6-19(32)33/h12-14H,3-11H2,1-2H3,(H2,27,28,29,30). The average molecular weight is 543 g/mol. The van der Waals surface area contributed by atoms with Gasteiger partial charge in [0, 0.05) is 58.3 Å². The van der Waals surface area contributed by atoms with Crippen molar-refractivity contribution in [1.82, 2.24) is 19.2 Å². The Morgan fingerprint density at radius 3 is 2.68 bits per heavy atom. The van der Waals surface area contributed by atoms with Crippen molar-refractivity contribution in [1.29, 1.82) is 0 Å². The molecule has 1 aromatic heterocycles. The Morgan fingerprint density at radius 1 is 1.19 bits per heavy atom. The molecule has 4 rings (SSSR count). The van der Waals surface area contributed by atoms with E-state index in [1.54, 1.807) is 4.90 Å². The third-order valence-corrected chi connectivity index (χ3v) is 7.99. The summed E-state index contributed by atoms with van der Waals surface area (Å²) in [4.78, 5) is 21.5. The van der Waals surface area contributed by atoms with Crippen LogP contribution in [0.2, 0.25) is 0 Å². The number of ether oxygens (including phenoxy) is 1. The summed E-state index contributed by atoms with van der Waals surface area (Å²) >= 11 is 0. The van der Waals surface area contributed by atoms with Gasteiger partial charge in [-0.3, -0.25) is 4.79 Å². The molecule has 0 saturated carbocycles. The van der Waals surface area contributed by atoms with Crippen LogP contribution < -0.4 is 15.4 Å². The number of hydrogen-bond donors (Lipinski definition) is 2. The molecule has 1 aromatic carbocycles. The zero-order chi connectivity index (χ0) is 26.8. The van der Waals surface area contributed by atoms with E-state index in [1.165, 1.54) is 26.2 Å². The number of hydrogen-bond acceptors (Lipinski definition) is 8. The number of aromatic nitrogens is 2. The normalized spacial score (nSPS) is 16.1. The quantitative estimate of drug-likeness (QED) is 0.464. The number of anilines is 3. The highest BCUT2D eigenvalue weighted by Crippen LogP contribution is 2.39. The molecule has 2 aliphatic heterocycles. The fraction of sp³-hybridized carbons (Fsp3) is 0.522. The number of benzene rings is 1. The molecule has 3 heterocycles. The molecular weight excluding hydrogens is 513 g/mol. The fourth-order valence-corrected chi connectivity index (χ4v) is 5.19. The summed E-state index contributed by atoms with van der Waals surface area (Å²) in [6.07, 6.45) is -0.805. The van der Waals surface area contributed by atoms with Gasteiger partial charge in [0.2, 0.25) is 21.9 Å². The van der Waals surface area contributed by atoms with Gasteiger partial charge in [0.25, 0.3) is 0 Å². The van der Waals surface area contributed by atoms with Gasteiger partial charge >= 0.3 is 6.18 Å². The van der Waals surface area contributed by atoms with Crippen molar-refractivity contribution in [2.24, 2.45) is 0 Å². The second-order valence-electron chi connectivity index (χ2n) is 9.04. The van der Waals surface area contributed by atoms with Crippen molar-refractivity contribution in [3.63, 3.8) is 0 Å². The molecule has 0 spiro atoms. The fourth-order valence-electron chi connectivity index (χ4n) is 4.21. The summed E-state index contributed by atoms with van der Waals surface area (Å²) in [5.74, 6) is -0.102. The zero-order valence-corrected chi connectivity index (χ0v) is 21.4. The number of rotatable bonds is 9. The highest BCUT2D eigenvalue weighted by atomic mass is 32.2. The summed E-state index contributed by atoms with van der Waals surface area (Å²) in [7, 11) is -0.954. The number of piperidine rings is 1. The van der Waals surface area contributed by atoms with Crippen molar-refractivity contribution in [3.8, 4) is 5.75 Å². The Balaban J connectivity index is 1.56. The molecule has 2 N–H and O–H groups in total. The van der Waals surface area contributed by atoms with E-state index in [0.717, 1.165) is 17.1 Å². The first kappa shape index (κ1) is 26.9. The summed E-state index contributed by atoms with van der Waals surface area (Å²) in [5, 5.41) is 5.55. The molecule has 0 bridgehead atoms. The Labute approximate surface area is 213 Å². The lowest BCUT2D eigenvalue weighted by atomic mass is 10.1. The number of halogens is 3. The molecule has 0 aliphatic carbocycles. The minimum absolute atomic E-state index is 0.0155. The molecule has 1 amide bonds. The second kappa shape index (κ2) is 10.7. The Morgan fingerprint density at radius 2 is 1.97 bits per heavy atom. The van der Waals surface area contributed by atoms with Crippen molar-refractivity contribution >= 4 is 33.4 Å². The van der Waals surface area contributed by atoms with Crippen LogP contribution in [0.4, 0.5) is 30.6 Å². The summed E-state index contributed by atoms with van der Waals surface area (Å²) in [5.41, 5.74) is -0.134. The van der Waals surface area contributed by atoms with Crippen LogP contribution in [0, 0.1) is 0 Å². The lowest BCUT2D eigenvalue weighted by molar-refractivity contribution is -0.137. The average Bonchev–Trinajstić information content (AvgIpc) is 3.31. The van der Waals surface area contributed by atoms with E-state index in [1.807, 2.05) is 0 Å². The number of carbonyl (C=O) groups excluding carboxylic acids is 1. The molecule has 0 atom stereocenters. The van der Waals surface area contributed by atoms with E-state index in [4.69, 9.17) is 4.74 Å². The van der Waals surface area contributed by atoms with Gasteiger partial charge in [0.05, 0.1) is 17.2 Å². The first-order valence-electron chi connectivity index (χ1n) is 11.9. The predicted octanol–water partition coefficient (Wildman–Crippen LogP) is 3.24. The van der Waals surface area contributed by atoms with Gasteiger partial charge in [-0.05, 0) is 31.4 Å². The number of carbonyl (C=O) groups is 1. The van der Waals surface area contributed by atoms with Crippen molar-refractivity contribution in [2.45, 2.75) is 43.2 Å². The molecular formula is C23H29F3N6O4S. The van der Waals surface area contributed by atoms with Gasteiger partial charge in [0.15, 0.2) is 0 Å². The van der Waals surface area contributed by atoms with E-state index in [-0.39, 0.29) is 29.0 Å². The van der Waals surface area contributed by atoms with E-state index in [0.29, 0.717) is 56.5 Å². The predicted molar refractivity (Wildman–Crippen MR) is 130 cm³/mol. The lowest BCUT2D eigenvalue weighted by Gasteiger charge is -2.26. The first-order valence-corrected chi connectivity index (χ1v) is 13.4. The van der Waals surface area contributed by atoms with Crippen molar-refractivity contribution < 1.29 is 31.1 Å². The third-order valence-electron chi connectivity index (χ3n) is 6.20. The van der Waals surface area contributed by atoms with Crippen LogP contribution in [0.3, 0.4) is 0 Å². The summed E-state index contributed by atoms with van der Waals surface area (Å²) in [6.45, 7) is 1.61. The molecule has 1 saturated heterocycles. The lowest BCUT2D eigenvalue weighted by Crippen LogP contribution is -2.36. The molecule has 2 aromatic rings. The molecule has 0 unspecified atom stereocenters. The minimum Gasteiger partial charge on any atom is -0.491 e. The number of nitrogens with one attached hydrogen (secondary N) is 2. The Bertz CT molecular complexity index is 1270. The summed E-state index contributed by atoms with van der Waals surface area (Å²) < 4.78 is 72.9. The van der Waals surface area contributed by atoms with Crippen LogP contribution in [0.5, 0.6) is 5.75 Å². The van der Waals surface area contributed by atoms with Crippen LogP contribution in [0.1, 0.15) is 36.8 Å². The minimum atomic E-state index is -4.69. The highest BCUT2D eigenvalue weighted by Gasteiger charge is 2.35. The second-order valence-corrected chi connectivity index (χ2v) is 11.2. The van der Waals surface area contributed by atoms with E-state index >= 15 is 0 Å². The maximum atomic E-state index is 13.6. The largest absolute Gasteiger partial charge is 0.491 e. The Hall–Kier alpha value is -3.13. The molecule has 0 radical (unpaired) electrons. The molecule has 10 nitrogen and oxygen atoms in total. The molecule has 14 heteroatoms. The van der Waals surface area contributed by atoms with Crippen LogP contribution in [-0.2, 0) is 27.4 Å². The summed E-state index contributed by atoms with van der Waals surface area (Å²) in [6, 6.07) is 2.87. The van der Waals surface area contributed by atoms with Crippen LogP contribution >= 0.6 is 0 Å². The first-order chi connectivity index (χ1) is 17.5. The van der Waals surface area contributed by atoms with E-state index in [9.17, 15) is 26.4 Å². The number of nitrogens with zero attached hydrogens (tertiary/aromatic N) is 4. The van der Waals surface area contributed by atoms with Crippen LogP contribution in [-0.4, -0.2) is 73.8 Å². The van der Waals surface area contributed by atoms with Crippen LogP contribution in [0.25, 0.3) is 0 Å². The molecule has 37 heavy (non-hydrogen) atoms. The van der Waals surface area contributed by atoms with Gasteiger partial charge in [-0.15, -0.1) is 0 Å². The number of fused-ring (bicyclic) bond motifs is 1. The molecule has 202 valence electrons. The molecule has 1 fully saturated rings. The SMILES string of the molecule is CN(C)S(=O)(=O)c1cc2c(c(Nc3ncc(C(F)(F)F)c(NCCCN4CCCCC4=O)n3)c1)OCC2. The topological polar surface area (TPSA) is 117 Å². The monoisotopic (exact) mass is 542 g/mol. The van der Waals surface area contributed by atoms with Gasteiger partial charge in [-0.25, -0.2) is 17.7 Å². The van der Waals surface area contributed by atoms with Crippen LogP contribution in [0.15, 0.2) is 23.2 Å². The smallest absolute Gasteiger partial charge is 0.421 e. The number of sulfonamides is 1. The van der Waals surface area contributed by atoms with Gasteiger partial charge in [0.1, 0.15) is 17.1 Å². The number of alkyl halides is 3. The van der Waals surface area contributed by atoms with Gasteiger partial charge in [-0.2, -0.15) is 18.2 Å². The molecule has 2 aliphatic rings. The third kappa shape index (κ3) is 6.06. The van der Waals surface area contributed by atoms with Crippen molar-refractivity contribution in [2.75, 3.05) is 51.0 Å². The van der Waals surface area contributed by atoms with Gasteiger partial charge in [-0.1, -0.05) is 0 Å². The number of amides is 1. The zero-order valence-electron chi connectivity index (χ0n) is 20.6.